The molecule has 2 aliphatic heterocycles. The predicted octanol–water partition coefficient (Wildman–Crippen LogP) is 4.79. The van der Waals surface area contributed by atoms with Gasteiger partial charge in [0.15, 0.2) is 0 Å². The van der Waals surface area contributed by atoms with Crippen molar-refractivity contribution >= 4 is 17.7 Å². The summed E-state index contributed by atoms with van der Waals surface area (Å²) in [5, 5.41) is 0. The predicted molar refractivity (Wildman–Crippen MR) is 123 cm³/mol. The van der Waals surface area contributed by atoms with Crippen LogP contribution in [0.3, 0.4) is 0 Å². The fourth-order valence-electron chi connectivity index (χ4n) is 4.99. The van der Waals surface area contributed by atoms with E-state index in [-0.39, 0.29) is 17.2 Å². The quantitative estimate of drug-likeness (QED) is 0.597. The van der Waals surface area contributed by atoms with Gasteiger partial charge in [-0.3, -0.25) is 4.98 Å². The number of hydrogen-bond acceptors (Lipinski definition) is 6. The van der Waals surface area contributed by atoms with Crippen molar-refractivity contribution in [2.45, 2.75) is 51.2 Å². The number of anilines is 1. The van der Waals surface area contributed by atoms with Crippen LogP contribution in [0.1, 0.15) is 50.4 Å². The maximum atomic E-state index is 14.0. The van der Waals surface area contributed by atoms with Crippen LogP contribution in [0.25, 0.3) is 11.1 Å². The molecule has 0 aliphatic carbocycles. The molecule has 1 atom stereocenters. The number of likely N-dealkylation sites (tertiary alicyclic amines) is 1. The molecule has 34 heavy (non-hydrogen) atoms. The zero-order valence-corrected chi connectivity index (χ0v) is 19.9. The number of aromatic nitrogens is 1. The Balaban J connectivity index is 1.74. The number of amides is 1. The summed E-state index contributed by atoms with van der Waals surface area (Å²) in [6, 6.07) is 3.21. The van der Waals surface area contributed by atoms with Gasteiger partial charge in [-0.1, -0.05) is 0 Å². The molecule has 1 aromatic heterocycles. The Kier molecular flexibility index (Phi) is 6.22. The summed E-state index contributed by atoms with van der Waals surface area (Å²) in [7, 11) is 1.27. The summed E-state index contributed by atoms with van der Waals surface area (Å²) in [6.45, 7) is 7.07. The highest BCUT2D eigenvalue weighted by molar-refractivity contribution is 6.00. The molecule has 4 rings (SSSR count). The third-order valence-corrected chi connectivity index (χ3v) is 6.36. The average molecular weight is 474 g/mol. The van der Waals surface area contributed by atoms with Crippen LogP contribution < -0.4 is 4.90 Å². The Bertz CT molecular complexity index is 1100. The molecule has 2 aromatic rings. The lowest BCUT2D eigenvalue weighted by atomic mass is 9.95. The van der Waals surface area contributed by atoms with Gasteiger partial charge in [-0.15, -0.1) is 0 Å². The zero-order valence-electron chi connectivity index (χ0n) is 19.9. The molecule has 2 saturated heterocycles. The monoisotopic (exact) mass is 473 g/mol. The summed E-state index contributed by atoms with van der Waals surface area (Å²) in [4.78, 5) is 33.5. The number of hydrogen-bond donors (Lipinski definition) is 0. The van der Waals surface area contributed by atoms with Crippen LogP contribution in [0.5, 0.6) is 0 Å². The van der Waals surface area contributed by atoms with E-state index in [1.165, 1.54) is 31.6 Å². The Labute approximate surface area is 197 Å². The van der Waals surface area contributed by atoms with E-state index in [9.17, 15) is 18.4 Å². The molecule has 1 spiro atoms. The second kappa shape index (κ2) is 8.85. The maximum absolute atomic E-state index is 14.0. The number of pyridine rings is 1. The minimum atomic E-state index is -0.728. The van der Waals surface area contributed by atoms with Gasteiger partial charge in [0.05, 0.1) is 18.3 Å². The van der Waals surface area contributed by atoms with Crippen LogP contribution >= 0.6 is 0 Å². The molecule has 1 aromatic carbocycles. The highest BCUT2D eigenvalue weighted by Crippen LogP contribution is 2.43. The summed E-state index contributed by atoms with van der Waals surface area (Å²) in [5.74, 6) is -2.05. The maximum Gasteiger partial charge on any atom is 0.410 e. The van der Waals surface area contributed by atoms with Gasteiger partial charge in [0.25, 0.3) is 0 Å². The number of benzene rings is 1. The summed E-state index contributed by atoms with van der Waals surface area (Å²) < 4.78 is 38.7. The molecule has 182 valence electrons. The fourth-order valence-corrected chi connectivity index (χ4v) is 4.99. The number of nitrogens with zero attached hydrogens (tertiary/aromatic N) is 3. The van der Waals surface area contributed by atoms with Gasteiger partial charge in [0.2, 0.25) is 0 Å². The van der Waals surface area contributed by atoms with E-state index in [1.807, 2.05) is 25.7 Å². The average Bonchev–Trinajstić information content (AvgIpc) is 3.37. The molecule has 1 amide bonds. The molecule has 0 radical (unpaired) electrons. The summed E-state index contributed by atoms with van der Waals surface area (Å²) in [5.41, 5.74) is 0.297. The second-order valence-corrected chi connectivity index (χ2v) is 9.86. The standard InChI is InChI=1S/C25H29F2N3O4/c1-24(2,3)34-23(32)30-8-5-6-25(30)7-9-29(15-25)21-19(13-28-14-20(21)22(31)33-4)16-10-17(26)12-18(27)11-16/h10-14H,5-9,15H2,1-4H3/t25-/m0/s1. The molecular formula is C25H29F2N3O4. The van der Waals surface area contributed by atoms with E-state index in [2.05, 4.69) is 4.98 Å². The van der Waals surface area contributed by atoms with E-state index in [0.29, 0.717) is 37.3 Å². The minimum absolute atomic E-state index is 0.198. The molecule has 0 saturated carbocycles. The summed E-state index contributed by atoms with van der Waals surface area (Å²) in [6.07, 6.45) is 4.83. The Morgan fingerprint density at radius 2 is 1.76 bits per heavy atom. The van der Waals surface area contributed by atoms with Crippen LogP contribution in [-0.4, -0.2) is 59.8 Å². The summed E-state index contributed by atoms with van der Waals surface area (Å²) >= 11 is 0. The van der Waals surface area contributed by atoms with E-state index < -0.39 is 28.7 Å². The number of ether oxygens (including phenoxy) is 2. The molecular weight excluding hydrogens is 444 g/mol. The number of rotatable bonds is 3. The molecule has 2 aliphatic rings. The molecule has 0 unspecified atom stereocenters. The lowest BCUT2D eigenvalue weighted by Gasteiger charge is -2.36. The lowest BCUT2D eigenvalue weighted by molar-refractivity contribution is 0.0111. The van der Waals surface area contributed by atoms with Gasteiger partial charge < -0.3 is 19.3 Å². The smallest absolute Gasteiger partial charge is 0.410 e. The van der Waals surface area contributed by atoms with Crippen LogP contribution in [0.15, 0.2) is 30.6 Å². The topological polar surface area (TPSA) is 72.0 Å². The van der Waals surface area contributed by atoms with Crippen molar-refractivity contribution in [1.29, 1.82) is 0 Å². The minimum Gasteiger partial charge on any atom is -0.465 e. The van der Waals surface area contributed by atoms with Gasteiger partial charge in [-0.05, 0) is 57.7 Å². The molecule has 2 fully saturated rings. The lowest BCUT2D eigenvalue weighted by Crippen LogP contribution is -2.50. The Morgan fingerprint density at radius 3 is 2.41 bits per heavy atom. The fraction of sp³-hybridized carbons (Fsp3) is 0.480. The van der Waals surface area contributed by atoms with Crippen LogP contribution in [0, 0.1) is 11.6 Å². The van der Waals surface area contributed by atoms with Gasteiger partial charge in [-0.25, -0.2) is 18.4 Å². The number of carbonyl (C=O) groups is 2. The first kappa shape index (κ1) is 23.9. The number of esters is 1. The third-order valence-electron chi connectivity index (χ3n) is 6.36. The van der Waals surface area contributed by atoms with Crippen molar-refractivity contribution in [2.24, 2.45) is 0 Å². The van der Waals surface area contributed by atoms with E-state index in [4.69, 9.17) is 9.47 Å². The first-order chi connectivity index (χ1) is 16.0. The molecule has 9 heteroatoms. The Hall–Kier alpha value is -3.23. The first-order valence-electron chi connectivity index (χ1n) is 11.3. The number of methoxy groups -OCH3 is 1. The normalized spacial score (nSPS) is 20.2. The SMILES string of the molecule is COC(=O)c1cncc(-c2cc(F)cc(F)c2)c1N1CC[C@@]2(CCCN2C(=O)OC(C)(C)C)C1. The number of carbonyl (C=O) groups excluding carboxylic acids is 2. The first-order valence-corrected chi connectivity index (χ1v) is 11.3. The van der Waals surface area contributed by atoms with Gasteiger partial charge in [-0.2, -0.15) is 0 Å². The van der Waals surface area contributed by atoms with E-state index in [1.54, 1.807) is 4.90 Å². The van der Waals surface area contributed by atoms with Gasteiger partial charge in [0.1, 0.15) is 22.8 Å². The van der Waals surface area contributed by atoms with E-state index >= 15 is 0 Å². The van der Waals surface area contributed by atoms with Gasteiger partial charge >= 0.3 is 12.1 Å². The molecule has 0 N–H and O–H groups in total. The van der Waals surface area contributed by atoms with Crippen LogP contribution in [-0.2, 0) is 9.47 Å². The second-order valence-electron chi connectivity index (χ2n) is 9.86. The van der Waals surface area contributed by atoms with Crippen molar-refractivity contribution in [2.75, 3.05) is 31.6 Å². The number of halogens is 2. The van der Waals surface area contributed by atoms with Crippen molar-refractivity contribution in [3.63, 3.8) is 0 Å². The zero-order chi connectivity index (χ0) is 24.7. The third kappa shape index (κ3) is 4.56. The molecule has 3 heterocycles. The van der Waals surface area contributed by atoms with Gasteiger partial charge in [0, 0.05) is 43.7 Å². The van der Waals surface area contributed by atoms with Crippen LogP contribution in [0.2, 0.25) is 0 Å². The van der Waals surface area contributed by atoms with Crippen LogP contribution in [0.4, 0.5) is 19.3 Å². The molecule has 0 bridgehead atoms. The van der Waals surface area contributed by atoms with Crippen molar-refractivity contribution < 1.29 is 27.8 Å². The highest BCUT2D eigenvalue weighted by atomic mass is 19.1. The van der Waals surface area contributed by atoms with Crippen molar-refractivity contribution in [3.05, 3.63) is 47.8 Å². The Morgan fingerprint density at radius 1 is 1.06 bits per heavy atom. The largest absolute Gasteiger partial charge is 0.465 e. The van der Waals surface area contributed by atoms with Crippen molar-refractivity contribution in [3.8, 4) is 11.1 Å². The highest BCUT2D eigenvalue weighted by Gasteiger charge is 2.50. The van der Waals surface area contributed by atoms with E-state index in [0.717, 1.165) is 18.9 Å². The van der Waals surface area contributed by atoms with Crippen molar-refractivity contribution in [1.82, 2.24) is 9.88 Å². The molecule has 7 nitrogen and oxygen atoms in total.